The third-order valence-electron chi connectivity index (χ3n) is 4.99. The van der Waals surface area contributed by atoms with Gasteiger partial charge in [0.25, 0.3) is 11.8 Å². The van der Waals surface area contributed by atoms with Crippen molar-refractivity contribution in [3.63, 3.8) is 0 Å². The number of hydrogen-bond acceptors (Lipinski definition) is 3. The molecule has 7 heteroatoms. The summed E-state index contributed by atoms with van der Waals surface area (Å²) in [6, 6.07) is 11.2. The lowest BCUT2D eigenvalue weighted by Crippen LogP contribution is -2.41. The van der Waals surface area contributed by atoms with E-state index in [9.17, 15) is 14.0 Å². The first-order chi connectivity index (χ1) is 14.3. The van der Waals surface area contributed by atoms with Crippen LogP contribution in [0.15, 0.2) is 42.5 Å². The van der Waals surface area contributed by atoms with Crippen molar-refractivity contribution in [1.29, 1.82) is 0 Å². The van der Waals surface area contributed by atoms with E-state index < -0.39 is 5.82 Å². The molecular weight excluding hydrogens is 407 g/mol. The van der Waals surface area contributed by atoms with Crippen LogP contribution in [-0.2, 0) is 0 Å². The predicted molar refractivity (Wildman–Crippen MR) is 115 cm³/mol. The van der Waals surface area contributed by atoms with Gasteiger partial charge in [-0.25, -0.2) is 4.39 Å². The molecule has 3 rings (SSSR count). The molecule has 1 aliphatic heterocycles. The smallest absolute Gasteiger partial charge is 0.253 e. The summed E-state index contributed by atoms with van der Waals surface area (Å²) in [5.41, 5.74) is 0.974. The molecule has 1 atom stereocenters. The molecule has 0 spiro atoms. The van der Waals surface area contributed by atoms with E-state index >= 15 is 0 Å². The summed E-state index contributed by atoms with van der Waals surface area (Å²) in [6.45, 7) is 5.54. The molecule has 1 N–H and O–H groups in total. The zero-order valence-electron chi connectivity index (χ0n) is 17.2. The molecule has 1 aliphatic rings. The molecule has 1 fully saturated rings. The zero-order valence-corrected chi connectivity index (χ0v) is 17.9. The van der Waals surface area contributed by atoms with Crippen LogP contribution in [0.1, 0.15) is 47.4 Å². The minimum absolute atomic E-state index is 0.0525. The average molecular weight is 433 g/mol. The number of benzene rings is 2. The highest BCUT2D eigenvalue weighted by atomic mass is 35.5. The third kappa shape index (κ3) is 5.72. The van der Waals surface area contributed by atoms with E-state index in [1.165, 1.54) is 18.2 Å². The van der Waals surface area contributed by atoms with Gasteiger partial charge in [-0.2, -0.15) is 0 Å². The summed E-state index contributed by atoms with van der Waals surface area (Å²) in [7, 11) is 0. The van der Waals surface area contributed by atoms with Crippen LogP contribution in [0.2, 0.25) is 5.02 Å². The number of likely N-dealkylation sites (tertiary alicyclic amines) is 1. The Labute approximate surface area is 181 Å². The summed E-state index contributed by atoms with van der Waals surface area (Å²) in [6.07, 6.45) is 1.84. The molecule has 2 aromatic rings. The first-order valence-corrected chi connectivity index (χ1v) is 10.5. The summed E-state index contributed by atoms with van der Waals surface area (Å²) in [5, 5.41) is 2.80. The Morgan fingerprint density at radius 3 is 2.57 bits per heavy atom. The van der Waals surface area contributed by atoms with Gasteiger partial charge in [-0.15, -0.1) is 0 Å². The van der Waals surface area contributed by atoms with Gasteiger partial charge in [0, 0.05) is 36.2 Å². The van der Waals surface area contributed by atoms with E-state index in [0.29, 0.717) is 36.6 Å². The quantitative estimate of drug-likeness (QED) is 0.728. The highest BCUT2D eigenvalue weighted by Crippen LogP contribution is 2.23. The number of piperidine rings is 1. The van der Waals surface area contributed by atoms with Crippen molar-refractivity contribution in [2.45, 2.75) is 32.7 Å². The normalized spacial score (nSPS) is 16.4. The van der Waals surface area contributed by atoms with Crippen LogP contribution in [0.5, 0.6) is 5.75 Å². The van der Waals surface area contributed by atoms with Crippen molar-refractivity contribution in [3.05, 3.63) is 64.4 Å². The van der Waals surface area contributed by atoms with Gasteiger partial charge < -0.3 is 15.0 Å². The molecule has 0 saturated carbocycles. The Morgan fingerprint density at radius 1 is 1.20 bits per heavy atom. The highest BCUT2D eigenvalue weighted by Gasteiger charge is 2.25. The van der Waals surface area contributed by atoms with Crippen molar-refractivity contribution in [2.75, 3.05) is 19.7 Å². The summed E-state index contributed by atoms with van der Waals surface area (Å²) >= 11 is 5.81. The fourth-order valence-corrected chi connectivity index (χ4v) is 3.64. The van der Waals surface area contributed by atoms with Crippen molar-refractivity contribution in [2.24, 2.45) is 5.92 Å². The van der Waals surface area contributed by atoms with Gasteiger partial charge in [0.2, 0.25) is 0 Å². The fourth-order valence-electron chi connectivity index (χ4n) is 3.46. The van der Waals surface area contributed by atoms with E-state index in [2.05, 4.69) is 5.32 Å². The van der Waals surface area contributed by atoms with E-state index in [1.54, 1.807) is 29.2 Å². The second kappa shape index (κ2) is 9.94. The largest absolute Gasteiger partial charge is 0.493 e. The molecule has 1 unspecified atom stereocenters. The lowest BCUT2D eigenvalue weighted by atomic mass is 9.98. The van der Waals surface area contributed by atoms with Crippen molar-refractivity contribution >= 4 is 23.4 Å². The lowest BCUT2D eigenvalue weighted by Gasteiger charge is -2.32. The Balaban J connectivity index is 1.54. The molecule has 0 aromatic heterocycles. The predicted octanol–water partition coefficient (Wildman–Crippen LogP) is 4.55. The standard InChI is InChI=1S/C23H26ClFN2O3/c1-15(2)26-22(28)17-5-8-19(9-6-17)30-14-16-4-3-11-27(13-16)23(29)18-7-10-21(25)20(24)12-18/h5-10,12,15-16H,3-4,11,13-14H2,1-2H3,(H,26,28). The fraction of sp³-hybridized carbons (Fsp3) is 0.391. The first kappa shape index (κ1) is 22.1. The van der Waals surface area contributed by atoms with Gasteiger partial charge in [-0.05, 0) is 69.2 Å². The second-order valence-electron chi connectivity index (χ2n) is 7.85. The van der Waals surface area contributed by atoms with Crippen molar-refractivity contribution < 1.29 is 18.7 Å². The molecule has 5 nitrogen and oxygen atoms in total. The van der Waals surface area contributed by atoms with Gasteiger partial charge in [0.1, 0.15) is 11.6 Å². The lowest BCUT2D eigenvalue weighted by molar-refractivity contribution is 0.0633. The highest BCUT2D eigenvalue weighted by molar-refractivity contribution is 6.31. The summed E-state index contributed by atoms with van der Waals surface area (Å²) < 4.78 is 19.2. The Kier molecular flexibility index (Phi) is 7.32. The van der Waals surface area contributed by atoms with E-state index in [0.717, 1.165) is 12.8 Å². The van der Waals surface area contributed by atoms with Crippen LogP contribution >= 0.6 is 11.6 Å². The van der Waals surface area contributed by atoms with E-state index in [4.69, 9.17) is 16.3 Å². The van der Waals surface area contributed by atoms with E-state index in [1.807, 2.05) is 13.8 Å². The molecule has 2 amide bonds. The minimum Gasteiger partial charge on any atom is -0.493 e. The Morgan fingerprint density at radius 2 is 1.90 bits per heavy atom. The number of carbonyl (C=O) groups is 2. The number of nitrogens with zero attached hydrogens (tertiary/aromatic N) is 1. The van der Waals surface area contributed by atoms with Gasteiger partial charge in [-0.1, -0.05) is 11.6 Å². The maximum atomic E-state index is 13.4. The molecule has 1 heterocycles. The van der Waals surface area contributed by atoms with Crippen LogP contribution < -0.4 is 10.1 Å². The molecule has 2 aromatic carbocycles. The zero-order chi connectivity index (χ0) is 21.7. The third-order valence-corrected chi connectivity index (χ3v) is 5.28. The Hall–Kier alpha value is -2.60. The first-order valence-electron chi connectivity index (χ1n) is 10.1. The number of ether oxygens (including phenoxy) is 1. The average Bonchev–Trinajstić information content (AvgIpc) is 2.74. The molecule has 160 valence electrons. The molecule has 1 saturated heterocycles. The van der Waals surface area contributed by atoms with Crippen LogP contribution in [0.25, 0.3) is 0 Å². The van der Waals surface area contributed by atoms with Crippen LogP contribution in [0, 0.1) is 11.7 Å². The maximum absolute atomic E-state index is 13.4. The summed E-state index contributed by atoms with van der Waals surface area (Å²) in [4.78, 5) is 26.5. The molecule has 30 heavy (non-hydrogen) atoms. The molecule has 0 aliphatic carbocycles. The van der Waals surface area contributed by atoms with Gasteiger partial charge in [0.15, 0.2) is 0 Å². The SMILES string of the molecule is CC(C)NC(=O)c1ccc(OCC2CCCN(C(=O)c3ccc(F)c(Cl)c3)C2)cc1. The van der Waals surface area contributed by atoms with Crippen LogP contribution in [-0.4, -0.2) is 42.5 Å². The monoisotopic (exact) mass is 432 g/mol. The maximum Gasteiger partial charge on any atom is 0.253 e. The molecule has 0 radical (unpaired) electrons. The van der Waals surface area contributed by atoms with Gasteiger partial charge in [0.05, 0.1) is 11.6 Å². The summed E-state index contributed by atoms with van der Waals surface area (Å²) in [5.74, 6) is 0.0826. The number of halogens is 2. The van der Waals surface area contributed by atoms with Gasteiger partial charge >= 0.3 is 0 Å². The number of rotatable bonds is 6. The van der Waals surface area contributed by atoms with Crippen LogP contribution in [0.4, 0.5) is 4.39 Å². The second-order valence-corrected chi connectivity index (χ2v) is 8.26. The Bertz CT molecular complexity index is 902. The molecular formula is C23H26ClFN2O3. The number of hydrogen-bond donors (Lipinski definition) is 1. The van der Waals surface area contributed by atoms with Crippen molar-refractivity contribution in [1.82, 2.24) is 10.2 Å². The number of amides is 2. The topological polar surface area (TPSA) is 58.6 Å². The molecule has 0 bridgehead atoms. The van der Waals surface area contributed by atoms with Crippen LogP contribution in [0.3, 0.4) is 0 Å². The number of carbonyl (C=O) groups excluding carboxylic acids is 2. The van der Waals surface area contributed by atoms with E-state index in [-0.39, 0.29) is 28.8 Å². The minimum atomic E-state index is -0.536. The van der Waals surface area contributed by atoms with Gasteiger partial charge in [-0.3, -0.25) is 9.59 Å². The number of nitrogens with one attached hydrogen (secondary N) is 1. The van der Waals surface area contributed by atoms with Crippen molar-refractivity contribution in [3.8, 4) is 5.75 Å².